The topological polar surface area (TPSA) is 65.1 Å². The third-order valence-corrected chi connectivity index (χ3v) is 2.08. The zero-order chi connectivity index (χ0) is 12.9. The molecule has 0 saturated carbocycles. The molecule has 0 bridgehead atoms. The first-order chi connectivity index (χ1) is 8.11. The minimum atomic E-state index is -0.158. The second-order valence-corrected chi connectivity index (χ2v) is 4.06. The van der Waals surface area contributed by atoms with Gasteiger partial charge in [0.15, 0.2) is 0 Å². The fourth-order valence-corrected chi connectivity index (χ4v) is 1.35. The van der Waals surface area contributed by atoms with Crippen LogP contribution in [0.2, 0.25) is 0 Å². The molecule has 98 valence electrons. The number of carbonyl (C=O) groups excluding carboxylic acids is 1. The summed E-state index contributed by atoms with van der Waals surface area (Å²) in [6, 6.07) is 5.51. The van der Waals surface area contributed by atoms with Crippen molar-refractivity contribution in [3.05, 3.63) is 36.4 Å². The van der Waals surface area contributed by atoms with Crippen molar-refractivity contribution < 1.29 is 29.0 Å². The second-order valence-electron chi connectivity index (χ2n) is 4.06. The zero-order valence-corrected chi connectivity index (χ0v) is 12.1. The quantitative estimate of drug-likeness (QED) is 0.423. The van der Waals surface area contributed by atoms with Gasteiger partial charge in [-0.2, -0.15) is 0 Å². The van der Waals surface area contributed by atoms with E-state index in [4.69, 9.17) is 9.53 Å². The van der Waals surface area contributed by atoms with Crippen LogP contribution in [0.15, 0.2) is 28.2 Å². The third-order valence-electron chi connectivity index (χ3n) is 2.08. The Morgan fingerprint density at radius 3 is 2.67 bits per heavy atom. The van der Waals surface area contributed by atoms with Gasteiger partial charge in [0, 0.05) is 5.69 Å². The predicted molar refractivity (Wildman–Crippen MR) is 65.4 cm³/mol. The summed E-state index contributed by atoms with van der Waals surface area (Å²) in [5, 5.41) is 0. The van der Waals surface area contributed by atoms with E-state index in [0.717, 1.165) is 0 Å². The normalized spacial score (nSPS) is 16.8. The second kappa shape index (κ2) is 7.11. The number of aliphatic imine (C=N–C) groups is 1. The van der Waals surface area contributed by atoms with E-state index in [9.17, 15) is 0 Å². The van der Waals surface area contributed by atoms with Crippen molar-refractivity contribution in [1.82, 2.24) is 4.98 Å². The Morgan fingerprint density at radius 2 is 2.17 bits per heavy atom. The summed E-state index contributed by atoms with van der Waals surface area (Å²) in [5.74, 6) is 0.588. The molecule has 18 heavy (non-hydrogen) atoms. The van der Waals surface area contributed by atoms with Crippen LogP contribution in [0, 0.1) is 7.05 Å². The standard InChI is InChI=1S/C11H13N3O.CHO.Ru.H/c1-11(2)7-15-10(14-11)8-5-4-6-9(12-3)13-8;1-2;;/h4-6H,3,7H2,1-2H3;1H;;/q-2;-1;+3;. The molecule has 0 fully saturated rings. The Hall–Kier alpha value is -1.42. The van der Waals surface area contributed by atoms with Gasteiger partial charge in [-0.05, 0) is 13.8 Å². The van der Waals surface area contributed by atoms with Crippen LogP contribution < -0.4 is 10.5 Å². The Morgan fingerprint density at radius 1 is 1.50 bits per heavy atom. The van der Waals surface area contributed by atoms with Gasteiger partial charge in [0.2, 0.25) is 5.90 Å². The molecule has 1 aliphatic heterocycles. The van der Waals surface area contributed by atoms with Gasteiger partial charge in [-0.3, -0.25) is 13.8 Å². The first kappa shape index (κ1) is 16.6. The maximum absolute atomic E-state index is 7.75. The van der Waals surface area contributed by atoms with Crippen LogP contribution >= 0.6 is 0 Å². The van der Waals surface area contributed by atoms with Crippen molar-refractivity contribution in [2.45, 2.75) is 19.4 Å². The van der Waals surface area contributed by atoms with E-state index in [1.807, 2.05) is 26.0 Å². The summed E-state index contributed by atoms with van der Waals surface area (Å²) >= 11 is 0. The van der Waals surface area contributed by atoms with Crippen molar-refractivity contribution in [2.24, 2.45) is 9.98 Å². The molecule has 1 aromatic rings. The fraction of sp³-hybridized carbons (Fsp3) is 0.333. The summed E-state index contributed by atoms with van der Waals surface area (Å²) in [4.78, 5) is 20.2. The molecule has 1 aromatic heterocycles. The van der Waals surface area contributed by atoms with Crippen molar-refractivity contribution in [3.8, 4) is 0 Å². The maximum atomic E-state index is 7.75. The van der Waals surface area contributed by atoms with E-state index in [2.05, 4.69) is 28.8 Å². The van der Waals surface area contributed by atoms with E-state index in [1.165, 1.54) is 0 Å². The molecule has 0 unspecified atom stereocenters. The first-order valence-electron chi connectivity index (χ1n) is 5.01. The third kappa shape index (κ3) is 4.11. The Balaban J connectivity index is 0.000000917. The van der Waals surface area contributed by atoms with Gasteiger partial charge in [-0.25, -0.2) is 10.5 Å². The van der Waals surface area contributed by atoms with Gasteiger partial charge < -0.3 is 19.5 Å². The van der Waals surface area contributed by atoms with Crippen LogP contribution in [0.4, 0.5) is 0 Å². The van der Waals surface area contributed by atoms with Crippen molar-refractivity contribution in [2.75, 3.05) is 6.61 Å². The number of pyridine rings is 1. The molecule has 1 aliphatic rings. The molecule has 0 amide bonds. The SMILES string of the molecule is [CH-]=O.[CH2-]N=c1cccc(C2=NC(C)(C)CO2)[n-]1.[RuH+3]. The number of ether oxygens (including phenoxy) is 1. The monoisotopic (exact) mass is 335 g/mol. The zero-order valence-electron chi connectivity index (χ0n) is 10.3. The van der Waals surface area contributed by atoms with Gasteiger partial charge in [0.25, 0.3) is 0 Å². The average molecular weight is 334 g/mol. The number of rotatable bonds is 1. The summed E-state index contributed by atoms with van der Waals surface area (Å²) in [6.07, 6.45) is 0. The Bertz CT molecular complexity index is 480. The predicted octanol–water partition coefficient (Wildman–Crippen LogP) is 0.347. The molecular weight excluding hydrogens is 319 g/mol. The molecule has 0 N–H and O–H groups in total. The van der Waals surface area contributed by atoms with Gasteiger partial charge in [0.05, 0.1) is 5.54 Å². The summed E-state index contributed by atoms with van der Waals surface area (Å²) in [7, 11) is 3.43. The van der Waals surface area contributed by atoms with Gasteiger partial charge >= 0.3 is 19.5 Å². The minimum absolute atomic E-state index is 0. The van der Waals surface area contributed by atoms with Crippen LogP contribution in [0.25, 0.3) is 0 Å². The molecule has 0 saturated heterocycles. The van der Waals surface area contributed by atoms with Crippen molar-refractivity contribution >= 4 is 12.7 Å². The van der Waals surface area contributed by atoms with Crippen molar-refractivity contribution in [1.29, 1.82) is 0 Å². The van der Waals surface area contributed by atoms with Crippen molar-refractivity contribution in [3.63, 3.8) is 0 Å². The van der Waals surface area contributed by atoms with Gasteiger partial charge in [0.1, 0.15) is 6.61 Å². The van der Waals surface area contributed by atoms with E-state index < -0.39 is 0 Å². The molecule has 0 aliphatic carbocycles. The summed E-state index contributed by atoms with van der Waals surface area (Å²) in [5.41, 5.74) is 1.14. The molecule has 6 heteroatoms. The van der Waals surface area contributed by atoms with E-state index in [-0.39, 0.29) is 25.0 Å². The van der Waals surface area contributed by atoms with E-state index in [1.54, 1.807) is 6.07 Å². The molecule has 5 nitrogen and oxygen atoms in total. The van der Waals surface area contributed by atoms with Crippen LogP contribution in [0.5, 0.6) is 0 Å². The average Bonchev–Trinajstić information content (AvgIpc) is 2.72. The van der Waals surface area contributed by atoms with Crippen LogP contribution in [0.1, 0.15) is 19.5 Å². The number of hydrogen-bond acceptors (Lipinski definition) is 4. The molecule has 2 rings (SSSR count). The Labute approximate surface area is 119 Å². The molecule has 1 radical (unpaired) electrons. The molecule has 0 aromatic carbocycles. The fourth-order valence-electron chi connectivity index (χ4n) is 1.35. The van der Waals surface area contributed by atoms with Gasteiger partial charge in [-0.1, -0.05) is 12.1 Å². The van der Waals surface area contributed by atoms with E-state index >= 15 is 0 Å². The van der Waals surface area contributed by atoms with Gasteiger partial charge in [-0.15, -0.1) is 6.07 Å². The van der Waals surface area contributed by atoms with E-state index in [0.29, 0.717) is 23.7 Å². The molecule has 0 atom stereocenters. The molecule has 0 spiro atoms. The molecular formula is C12H15N3O2Ru. The first-order valence-corrected chi connectivity index (χ1v) is 5.01. The number of nitrogens with zero attached hydrogens (tertiary/aromatic N) is 3. The van der Waals surface area contributed by atoms with Crippen LogP contribution in [-0.4, -0.2) is 24.8 Å². The molecule has 2 heterocycles. The van der Waals surface area contributed by atoms with Crippen LogP contribution in [-0.2, 0) is 29.0 Å². The summed E-state index contributed by atoms with van der Waals surface area (Å²) in [6.45, 7) is 7.89. The Kier molecular flexibility index (Phi) is 6.55. The van der Waals surface area contributed by atoms with Crippen LogP contribution in [0.3, 0.4) is 0 Å². The summed E-state index contributed by atoms with van der Waals surface area (Å²) < 4.78 is 5.48. The number of hydrogen-bond donors (Lipinski definition) is 0. The number of aromatic nitrogens is 1.